The second-order valence-corrected chi connectivity index (χ2v) is 7.03. The largest absolute Gasteiger partial charge is 0.283 e. The Morgan fingerprint density at radius 1 is 1.47 bits per heavy atom. The first kappa shape index (κ1) is 12.8. The van der Waals surface area contributed by atoms with E-state index in [4.69, 9.17) is 0 Å². The summed E-state index contributed by atoms with van der Waals surface area (Å²) in [6.45, 7) is 1.67. The van der Waals surface area contributed by atoms with E-state index < -0.39 is 15.8 Å². The third kappa shape index (κ3) is 3.42. The van der Waals surface area contributed by atoms with E-state index >= 15 is 0 Å². The Labute approximate surface area is 109 Å². The standard InChI is InChI=1S/C11H13BrFNO2S/c1-7-4-10(13)9(12)5-11(7)14-17(15,16)6-8-2-3-8/h4-5,8,14H,2-3,6H2,1H3. The molecule has 0 bridgehead atoms. The third-order valence-electron chi connectivity index (χ3n) is 2.68. The monoisotopic (exact) mass is 321 g/mol. The van der Waals surface area contributed by atoms with Crippen molar-refractivity contribution in [3.63, 3.8) is 0 Å². The fourth-order valence-corrected chi connectivity index (χ4v) is 3.50. The number of anilines is 1. The molecule has 0 radical (unpaired) electrons. The molecule has 1 saturated carbocycles. The highest BCUT2D eigenvalue weighted by atomic mass is 79.9. The van der Waals surface area contributed by atoms with Crippen LogP contribution in [0, 0.1) is 18.7 Å². The summed E-state index contributed by atoms with van der Waals surface area (Å²) in [5.41, 5.74) is 1.00. The molecular weight excluding hydrogens is 309 g/mol. The van der Waals surface area contributed by atoms with Crippen LogP contribution in [0.4, 0.5) is 10.1 Å². The lowest BCUT2D eigenvalue weighted by molar-refractivity contribution is 0.597. The Hall–Kier alpha value is -0.620. The highest BCUT2D eigenvalue weighted by Gasteiger charge is 2.28. The quantitative estimate of drug-likeness (QED) is 0.926. The molecule has 1 N–H and O–H groups in total. The van der Waals surface area contributed by atoms with E-state index in [1.807, 2.05) is 0 Å². The summed E-state index contributed by atoms with van der Waals surface area (Å²) >= 11 is 3.04. The van der Waals surface area contributed by atoms with Gasteiger partial charge in [-0.25, -0.2) is 12.8 Å². The van der Waals surface area contributed by atoms with Crippen LogP contribution in [0.5, 0.6) is 0 Å². The smallest absolute Gasteiger partial charge is 0.233 e. The topological polar surface area (TPSA) is 46.2 Å². The molecule has 0 aromatic heterocycles. The van der Waals surface area contributed by atoms with Gasteiger partial charge in [0, 0.05) is 0 Å². The van der Waals surface area contributed by atoms with Gasteiger partial charge < -0.3 is 0 Å². The molecule has 17 heavy (non-hydrogen) atoms. The fraction of sp³-hybridized carbons (Fsp3) is 0.455. The van der Waals surface area contributed by atoms with E-state index in [-0.39, 0.29) is 16.1 Å². The number of halogens is 2. The summed E-state index contributed by atoms with van der Waals surface area (Å²) < 4.78 is 39.5. The van der Waals surface area contributed by atoms with Gasteiger partial charge in [-0.15, -0.1) is 0 Å². The second-order valence-electron chi connectivity index (χ2n) is 4.41. The van der Waals surface area contributed by atoms with Gasteiger partial charge >= 0.3 is 0 Å². The predicted molar refractivity (Wildman–Crippen MR) is 69.0 cm³/mol. The highest BCUT2D eigenvalue weighted by molar-refractivity contribution is 9.10. The van der Waals surface area contributed by atoms with Crippen LogP contribution in [0.3, 0.4) is 0 Å². The normalized spacial score (nSPS) is 15.9. The zero-order valence-corrected chi connectivity index (χ0v) is 11.7. The molecule has 0 atom stereocenters. The van der Waals surface area contributed by atoms with Crippen molar-refractivity contribution in [1.29, 1.82) is 0 Å². The molecule has 94 valence electrons. The SMILES string of the molecule is Cc1cc(F)c(Br)cc1NS(=O)(=O)CC1CC1. The van der Waals surface area contributed by atoms with Crippen LogP contribution in [0.15, 0.2) is 16.6 Å². The first-order valence-corrected chi connectivity index (χ1v) is 7.78. The van der Waals surface area contributed by atoms with Crippen molar-refractivity contribution in [2.75, 3.05) is 10.5 Å². The van der Waals surface area contributed by atoms with Crippen LogP contribution in [-0.2, 0) is 10.0 Å². The first-order valence-electron chi connectivity index (χ1n) is 5.33. The van der Waals surface area contributed by atoms with Crippen LogP contribution < -0.4 is 4.72 Å². The van der Waals surface area contributed by atoms with Gasteiger partial charge in [0.15, 0.2) is 0 Å². The lowest BCUT2D eigenvalue weighted by atomic mass is 10.2. The maximum absolute atomic E-state index is 13.2. The lowest BCUT2D eigenvalue weighted by Gasteiger charge is -2.11. The Morgan fingerprint density at radius 3 is 2.71 bits per heavy atom. The Bertz CT molecular complexity index is 541. The molecular formula is C11H13BrFNO2S. The van der Waals surface area contributed by atoms with Crippen molar-refractivity contribution >= 4 is 31.6 Å². The number of hydrogen-bond acceptors (Lipinski definition) is 2. The molecule has 0 amide bonds. The molecule has 0 aliphatic heterocycles. The van der Waals surface area contributed by atoms with E-state index in [0.29, 0.717) is 11.3 Å². The number of benzene rings is 1. The van der Waals surface area contributed by atoms with E-state index in [1.54, 1.807) is 6.92 Å². The molecule has 2 rings (SSSR count). The third-order valence-corrected chi connectivity index (χ3v) is 4.73. The van der Waals surface area contributed by atoms with Crippen LogP contribution in [-0.4, -0.2) is 14.2 Å². The van der Waals surface area contributed by atoms with Crippen LogP contribution in [0.25, 0.3) is 0 Å². The van der Waals surface area contributed by atoms with E-state index in [2.05, 4.69) is 20.7 Å². The fourth-order valence-electron chi connectivity index (χ4n) is 1.56. The van der Waals surface area contributed by atoms with Crippen LogP contribution in [0.1, 0.15) is 18.4 Å². The van der Waals surface area contributed by atoms with Gasteiger partial charge in [0.2, 0.25) is 10.0 Å². The maximum Gasteiger partial charge on any atom is 0.233 e. The average Bonchev–Trinajstić information content (AvgIpc) is 2.96. The minimum atomic E-state index is -3.32. The van der Waals surface area contributed by atoms with Crippen molar-refractivity contribution in [2.24, 2.45) is 5.92 Å². The van der Waals surface area contributed by atoms with E-state index in [0.717, 1.165) is 12.8 Å². The first-order chi connectivity index (χ1) is 7.87. The van der Waals surface area contributed by atoms with Crippen LogP contribution in [0.2, 0.25) is 0 Å². The van der Waals surface area contributed by atoms with Crippen LogP contribution >= 0.6 is 15.9 Å². The van der Waals surface area contributed by atoms with Gasteiger partial charge in [-0.1, -0.05) is 0 Å². The Morgan fingerprint density at radius 2 is 2.12 bits per heavy atom. The highest BCUT2D eigenvalue weighted by Crippen LogP contribution is 2.31. The Kier molecular flexibility index (Phi) is 3.45. The summed E-state index contributed by atoms with van der Waals surface area (Å²) in [5.74, 6) is 0.0471. The number of sulfonamides is 1. The zero-order chi connectivity index (χ0) is 12.6. The van der Waals surface area contributed by atoms with E-state index in [1.165, 1.54) is 12.1 Å². The summed E-state index contributed by atoms with van der Waals surface area (Å²) in [6, 6.07) is 2.76. The molecule has 3 nitrogen and oxygen atoms in total. The van der Waals surface area contributed by atoms with Crippen molar-refractivity contribution in [3.8, 4) is 0 Å². The van der Waals surface area contributed by atoms with Crippen molar-refractivity contribution < 1.29 is 12.8 Å². The Balaban J connectivity index is 2.20. The minimum Gasteiger partial charge on any atom is -0.283 e. The summed E-state index contributed by atoms with van der Waals surface area (Å²) in [6.07, 6.45) is 1.96. The van der Waals surface area contributed by atoms with Gasteiger partial charge in [-0.05, 0) is 59.3 Å². The predicted octanol–water partition coefficient (Wildman–Crippen LogP) is 3.05. The molecule has 0 spiro atoms. The summed E-state index contributed by atoms with van der Waals surface area (Å²) in [5, 5.41) is 0. The molecule has 0 heterocycles. The lowest BCUT2D eigenvalue weighted by Crippen LogP contribution is -2.18. The molecule has 6 heteroatoms. The summed E-state index contributed by atoms with van der Waals surface area (Å²) in [4.78, 5) is 0. The number of aryl methyl sites for hydroxylation is 1. The molecule has 1 fully saturated rings. The van der Waals surface area contributed by atoms with E-state index in [9.17, 15) is 12.8 Å². The van der Waals surface area contributed by atoms with Crippen molar-refractivity contribution in [2.45, 2.75) is 19.8 Å². The van der Waals surface area contributed by atoms with Gasteiger partial charge in [-0.2, -0.15) is 0 Å². The average molecular weight is 322 g/mol. The number of nitrogens with one attached hydrogen (secondary N) is 1. The van der Waals surface area contributed by atoms with Crippen molar-refractivity contribution in [3.05, 3.63) is 28.0 Å². The molecule has 1 aliphatic rings. The van der Waals surface area contributed by atoms with Gasteiger partial charge in [0.25, 0.3) is 0 Å². The molecule has 0 saturated heterocycles. The molecule has 1 aromatic rings. The molecule has 0 unspecified atom stereocenters. The number of hydrogen-bond donors (Lipinski definition) is 1. The minimum absolute atomic E-state index is 0.154. The zero-order valence-electron chi connectivity index (χ0n) is 9.33. The maximum atomic E-state index is 13.2. The van der Waals surface area contributed by atoms with Gasteiger partial charge in [0.1, 0.15) is 5.82 Å². The van der Waals surface area contributed by atoms with Crippen molar-refractivity contribution in [1.82, 2.24) is 0 Å². The second kappa shape index (κ2) is 4.57. The molecule has 1 aromatic carbocycles. The number of rotatable bonds is 4. The van der Waals surface area contributed by atoms with Gasteiger partial charge in [-0.3, -0.25) is 4.72 Å². The summed E-state index contributed by atoms with van der Waals surface area (Å²) in [7, 11) is -3.32. The van der Waals surface area contributed by atoms with Gasteiger partial charge in [0.05, 0.1) is 15.9 Å². The molecule has 1 aliphatic carbocycles.